The predicted octanol–water partition coefficient (Wildman–Crippen LogP) is 1.23. The Labute approximate surface area is 149 Å². The fourth-order valence-corrected chi connectivity index (χ4v) is 2.45. The van der Waals surface area contributed by atoms with E-state index in [0.29, 0.717) is 41.8 Å². The SMILES string of the molecule is O=C(NCCNc1ccc(-n2cccn2)nn1)c1ccc2c(c1)OCO2. The van der Waals surface area contributed by atoms with Gasteiger partial charge < -0.3 is 20.1 Å². The van der Waals surface area contributed by atoms with Gasteiger partial charge in [0.25, 0.3) is 5.91 Å². The van der Waals surface area contributed by atoms with Crippen LogP contribution in [-0.2, 0) is 0 Å². The highest BCUT2D eigenvalue weighted by Gasteiger charge is 2.15. The summed E-state index contributed by atoms with van der Waals surface area (Å²) in [6.07, 6.45) is 3.47. The van der Waals surface area contributed by atoms with Crippen molar-refractivity contribution < 1.29 is 14.3 Å². The molecule has 9 nitrogen and oxygen atoms in total. The molecule has 0 aliphatic carbocycles. The Morgan fingerprint density at radius 1 is 1.12 bits per heavy atom. The number of hydrogen-bond acceptors (Lipinski definition) is 7. The summed E-state index contributed by atoms with van der Waals surface area (Å²) in [4.78, 5) is 12.2. The number of nitrogens with zero attached hydrogens (tertiary/aromatic N) is 4. The summed E-state index contributed by atoms with van der Waals surface area (Å²) >= 11 is 0. The van der Waals surface area contributed by atoms with Crippen molar-refractivity contribution in [3.05, 3.63) is 54.4 Å². The van der Waals surface area contributed by atoms with Gasteiger partial charge in [0.1, 0.15) is 5.82 Å². The molecule has 26 heavy (non-hydrogen) atoms. The molecule has 2 aromatic heterocycles. The zero-order chi connectivity index (χ0) is 17.8. The van der Waals surface area contributed by atoms with Gasteiger partial charge in [-0.15, -0.1) is 10.2 Å². The smallest absolute Gasteiger partial charge is 0.251 e. The average molecular weight is 352 g/mol. The summed E-state index contributed by atoms with van der Waals surface area (Å²) in [6.45, 7) is 1.15. The van der Waals surface area contributed by atoms with E-state index in [2.05, 4.69) is 25.9 Å². The van der Waals surface area contributed by atoms with E-state index in [9.17, 15) is 4.79 Å². The van der Waals surface area contributed by atoms with Gasteiger partial charge >= 0.3 is 0 Å². The molecular formula is C17H16N6O3. The fraction of sp³-hybridized carbons (Fsp3) is 0.176. The third-order valence-electron chi connectivity index (χ3n) is 3.74. The average Bonchev–Trinajstić information content (AvgIpc) is 3.36. The number of anilines is 1. The van der Waals surface area contributed by atoms with E-state index in [1.165, 1.54) is 0 Å². The number of aromatic nitrogens is 4. The molecule has 9 heteroatoms. The number of hydrogen-bond donors (Lipinski definition) is 2. The van der Waals surface area contributed by atoms with Gasteiger partial charge in [0, 0.05) is 31.0 Å². The van der Waals surface area contributed by atoms with Crippen molar-refractivity contribution >= 4 is 11.7 Å². The van der Waals surface area contributed by atoms with Crippen LogP contribution in [0.15, 0.2) is 48.8 Å². The third kappa shape index (κ3) is 3.41. The number of carbonyl (C=O) groups is 1. The summed E-state index contributed by atoms with van der Waals surface area (Å²) in [5.74, 6) is 2.32. The second-order valence-electron chi connectivity index (χ2n) is 5.48. The van der Waals surface area contributed by atoms with Crippen molar-refractivity contribution in [2.75, 3.05) is 25.2 Å². The number of benzene rings is 1. The van der Waals surface area contributed by atoms with Crippen LogP contribution in [-0.4, -0.2) is 45.8 Å². The van der Waals surface area contributed by atoms with Crippen molar-refractivity contribution in [3.63, 3.8) is 0 Å². The van der Waals surface area contributed by atoms with Crippen molar-refractivity contribution in [2.24, 2.45) is 0 Å². The van der Waals surface area contributed by atoms with Gasteiger partial charge in [-0.1, -0.05) is 0 Å². The molecule has 0 spiro atoms. The fourth-order valence-electron chi connectivity index (χ4n) is 2.45. The molecule has 0 bridgehead atoms. The summed E-state index contributed by atoms with van der Waals surface area (Å²) < 4.78 is 12.1. The van der Waals surface area contributed by atoms with Gasteiger partial charge in [-0.25, -0.2) is 4.68 Å². The lowest BCUT2D eigenvalue weighted by molar-refractivity contribution is 0.0954. The van der Waals surface area contributed by atoms with E-state index in [1.807, 2.05) is 18.2 Å². The van der Waals surface area contributed by atoms with Crippen LogP contribution in [0.2, 0.25) is 0 Å². The molecule has 1 aromatic carbocycles. The van der Waals surface area contributed by atoms with E-state index in [-0.39, 0.29) is 12.7 Å². The highest BCUT2D eigenvalue weighted by Crippen LogP contribution is 2.32. The highest BCUT2D eigenvalue weighted by molar-refractivity contribution is 5.94. The molecule has 1 aliphatic heterocycles. The van der Waals surface area contributed by atoms with Crippen molar-refractivity contribution in [3.8, 4) is 17.3 Å². The van der Waals surface area contributed by atoms with Crippen LogP contribution in [0.25, 0.3) is 5.82 Å². The normalized spacial score (nSPS) is 12.0. The zero-order valence-corrected chi connectivity index (χ0v) is 13.8. The van der Waals surface area contributed by atoms with Gasteiger partial charge in [-0.3, -0.25) is 4.79 Å². The molecule has 4 rings (SSSR count). The molecular weight excluding hydrogens is 336 g/mol. The van der Waals surface area contributed by atoms with E-state index in [4.69, 9.17) is 9.47 Å². The molecule has 2 N–H and O–H groups in total. The molecule has 3 heterocycles. The van der Waals surface area contributed by atoms with Gasteiger partial charge in [0.05, 0.1) is 0 Å². The van der Waals surface area contributed by atoms with E-state index >= 15 is 0 Å². The van der Waals surface area contributed by atoms with E-state index in [0.717, 1.165) is 0 Å². The predicted molar refractivity (Wildman–Crippen MR) is 92.5 cm³/mol. The van der Waals surface area contributed by atoms with Crippen LogP contribution < -0.4 is 20.1 Å². The molecule has 0 saturated heterocycles. The van der Waals surface area contributed by atoms with Crippen molar-refractivity contribution in [1.29, 1.82) is 0 Å². The molecule has 1 amide bonds. The Hall–Kier alpha value is -3.62. The van der Waals surface area contributed by atoms with Crippen LogP contribution in [0, 0.1) is 0 Å². The lowest BCUT2D eigenvalue weighted by atomic mass is 10.2. The number of rotatable bonds is 6. The minimum atomic E-state index is -0.176. The largest absolute Gasteiger partial charge is 0.454 e. The maximum absolute atomic E-state index is 12.2. The molecule has 1 aliphatic rings. The Kier molecular flexibility index (Phi) is 4.33. The number of carbonyl (C=O) groups excluding carboxylic acids is 1. The zero-order valence-electron chi connectivity index (χ0n) is 13.8. The Balaban J connectivity index is 1.25. The van der Waals surface area contributed by atoms with Crippen LogP contribution in [0.5, 0.6) is 11.5 Å². The molecule has 132 valence electrons. The lowest BCUT2D eigenvalue weighted by Gasteiger charge is -2.08. The second-order valence-corrected chi connectivity index (χ2v) is 5.48. The van der Waals surface area contributed by atoms with Gasteiger partial charge in [0.2, 0.25) is 6.79 Å². The van der Waals surface area contributed by atoms with E-state index in [1.54, 1.807) is 35.3 Å². The minimum Gasteiger partial charge on any atom is -0.454 e. The van der Waals surface area contributed by atoms with Gasteiger partial charge in [-0.2, -0.15) is 5.10 Å². The molecule has 0 atom stereocenters. The molecule has 0 saturated carbocycles. The first-order valence-electron chi connectivity index (χ1n) is 8.05. The van der Waals surface area contributed by atoms with Crippen LogP contribution in [0.4, 0.5) is 5.82 Å². The topological polar surface area (TPSA) is 103 Å². The summed E-state index contributed by atoms with van der Waals surface area (Å²) in [5, 5.41) is 18.2. The third-order valence-corrected chi connectivity index (χ3v) is 3.74. The molecule has 0 fully saturated rings. The molecule has 3 aromatic rings. The molecule has 0 unspecified atom stereocenters. The summed E-state index contributed by atoms with van der Waals surface area (Å²) in [7, 11) is 0. The maximum Gasteiger partial charge on any atom is 0.251 e. The lowest BCUT2D eigenvalue weighted by Crippen LogP contribution is -2.28. The highest BCUT2D eigenvalue weighted by atomic mass is 16.7. The Morgan fingerprint density at radius 2 is 2.04 bits per heavy atom. The standard InChI is InChI=1S/C17H16N6O3/c24-17(12-2-3-13-14(10-12)26-11-25-13)19-8-7-18-15-4-5-16(22-21-15)23-9-1-6-20-23/h1-6,9-10H,7-8,11H2,(H,18,21)(H,19,24). The summed E-state index contributed by atoms with van der Waals surface area (Å²) in [5.41, 5.74) is 0.526. The first-order valence-corrected chi connectivity index (χ1v) is 8.05. The maximum atomic E-state index is 12.2. The van der Waals surface area contributed by atoms with Crippen LogP contribution in [0.1, 0.15) is 10.4 Å². The quantitative estimate of drug-likeness (QED) is 0.643. The van der Waals surface area contributed by atoms with Crippen molar-refractivity contribution in [2.45, 2.75) is 0 Å². The number of ether oxygens (including phenoxy) is 2. The number of nitrogens with one attached hydrogen (secondary N) is 2. The summed E-state index contributed by atoms with van der Waals surface area (Å²) in [6, 6.07) is 10.5. The second kappa shape index (κ2) is 7.09. The molecule has 0 radical (unpaired) electrons. The first kappa shape index (κ1) is 15.9. The van der Waals surface area contributed by atoms with E-state index < -0.39 is 0 Å². The van der Waals surface area contributed by atoms with Gasteiger partial charge in [-0.05, 0) is 36.4 Å². The monoisotopic (exact) mass is 352 g/mol. The number of amides is 1. The first-order chi connectivity index (χ1) is 12.8. The van der Waals surface area contributed by atoms with Crippen molar-refractivity contribution in [1.82, 2.24) is 25.3 Å². The Bertz CT molecular complexity index is 895. The van der Waals surface area contributed by atoms with Gasteiger partial charge in [0.15, 0.2) is 17.3 Å². The number of fused-ring (bicyclic) bond motifs is 1. The van der Waals surface area contributed by atoms with Crippen LogP contribution in [0.3, 0.4) is 0 Å². The Morgan fingerprint density at radius 3 is 2.85 bits per heavy atom. The van der Waals surface area contributed by atoms with Crippen LogP contribution >= 0.6 is 0 Å². The minimum absolute atomic E-state index is 0.176.